The standard InChI is InChI=1S/C5H5.CH3.Rh/c1-2-4-5-3-1;;/h1-5H;1H3;/q;;+1. The average molecular weight is 183 g/mol. The number of hydrogen-bond donors (Lipinski definition) is 0. The van der Waals surface area contributed by atoms with Gasteiger partial charge >= 0.3 is 51.5 Å². The van der Waals surface area contributed by atoms with Crippen LogP contribution in [0.4, 0.5) is 0 Å². The summed E-state index contributed by atoms with van der Waals surface area (Å²) in [5.41, 5.74) is 2.27. The average Bonchev–Trinajstić information content (AvgIpc) is 2.14. The third kappa shape index (κ3) is 1.24. The maximum absolute atomic E-state index is 2.27. The molecule has 0 unspecified atom stereocenters. The molecular formula is C6H8Rh+. The molecule has 0 aromatic rings. The fourth-order valence-electron chi connectivity index (χ4n) is 0.523. The Morgan fingerprint density at radius 3 is 2.14 bits per heavy atom. The topological polar surface area (TPSA) is 0 Å². The molecule has 0 N–H and O–H groups in total. The molecular weight excluding hydrogens is 175 g/mol. The second-order valence-corrected chi connectivity index (χ2v) is 3.42. The number of hydrogen-bond acceptors (Lipinski definition) is 0. The molecule has 0 aromatic carbocycles. The van der Waals surface area contributed by atoms with Crippen molar-refractivity contribution < 1.29 is 17.1 Å². The van der Waals surface area contributed by atoms with E-state index in [1.807, 2.05) is 0 Å². The van der Waals surface area contributed by atoms with Gasteiger partial charge in [0.2, 0.25) is 0 Å². The molecule has 1 rings (SSSR count). The van der Waals surface area contributed by atoms with E-state index in [0.717, 1.165) is 21.6 Å². The Morgan fingerprint density at radius 2 is 1.86 bits per heavy atom. The summed E-state index contributed by atoms with van der Waals surface area (Å²) in [5.74, 6) is 0. The predicted molar refractivity (Wildman–Crippen MR) is 27.9 cm³/mol. The molecule has 0 spiro atoms. The molecule has 0 heterocycles. The van der Waals surface area contributed by atoms with Crippen molar-refractivity contribution >= 4 is 0 Å². The Labute approximate surface area is 51.9 Å². The van der Waals surface area contributed by atoms with Gasteiger partial charge in [0.1, 0.15) is 0 Å². The van der Waals surface area contributed by atoms with Gasteiger partial charge in [0.15, 0.2) is 0 Å². The van der Waals surface area contributed by atoms with Crippen LogP contribution < -0.4 is 0 Å². The first-order valence-corrected chi connectivity index (χ1v) is 4.78. The van der Waals surface area contributed by atoms with Crippen molar-refractivity contribution in [2.75, 3.05) is 0 Å². The molecule has 0 saturated heterocycles. The van der Waals surface area contributed by atoms with Gasteiger partial charge in [-0.2, -0.15) is 0 Å². The molecule has 0 fully saturated rings. The maximum atomic E-state index is 2.27. The normalized spacial score (nSPS) is 19.6. The van der Waals surface area contributed by atoms with Crippen LogP contribution in [0.3, 0.4) is 0 Å². The van der Waals surface area contributed by atoms with Crippen LogP contribution in [0.1, 0.15) is 0 Å². The molecule has 0 atom stereocenters. The Hall–Kier alpha value is 0.103. The van der Waals surface area contributed by atoms with Crippen molar-refractivity contribution in [2.24, 2.45) is 0 Å². The Kier molecular flexibility index (Phi) is 1.81. The molecule has 0 amide bonds. The van der Waals surface area contributed by atoms with Gasteiger partial charge < -0.3 is 0 Å². The minimum atomic E-state index is 0.726. The quantitative estimate of drug-likeness (QED) is 0.545. The van der Waals surface area contributed by atoms with Gasteiger partial charge in [0, 0.05) is 0 Å². The Morgan fingerprint density at radius 1 is 1.29 bits per heavy atom. The Bertz CT molecular complexity index is 90.7. The molecule has 1 aliphatic rings. The molecule has 0 aliphatic heterocycles. The molecule has 0 nitrogen and oxygen atoms in total. The summed E-state index contributed by atoms with van der Waals surface area (Å²) in [6.45, 7) is 0. The van der Waals surface area contributed by atoms with E-state index < -0.39 is 0 Å². The second-order valence-electron chi connectivity index (χ2n) is 1.38. The van der Waals surface area contributed by atoms with Crippen LogP contribution in [-0.2, 0) is 17.1 Å². The second kappa shape index (κ2) is 2.42. The van der Waals surface area contributed by atoms with Crippen molar-refractivity contribution in [1.29, 1.82) is 0 Å². The van der Waals surface area contributed by atoms with Crippen molar-refractivity contribution in [3.8, 4) is 0 Å². The van der Waals surface area contributed by atoms with E-state index in [4.69, 9.17) is 0 Å². The summed E-state index contributed by atoms with van der Waals surface area (Å²) < 4.78 is 0.806. The summed E-state index contributed by atoms with van der Waals surface area (Å²) in [6, 6.07) is 0. The van der Waals surface area contributed by atoms with Gasteiger partial charge in [-0.1, -0.05) is 0 Å². The van der Waals surface area contributed by atoms with Crippen LogP contribution in [0.25, 0.3) is 0 Å². The van der Waals surface area contributed by atoms with Gasteiger partial charge in [0.05, 0.1) is 0 Å². The van der Waals surface area contributed by atoms with Crippen LogP contribution in [-0.4, -0.2) is 0 Å². The van der Waals surface area contributed by atoms with Crippen LogP contribution in [0, 0.1) is 0 Å². The zero-order valence-corrected chi connectivity index (χ0v) is 5.86. The summed E-state index contributed by atoms with van der Waals surface area (Å²) in [4.78, 5) is 0. The van der Waals surface area contributed by atoms with E-state index in [0.29, 0.717) is 0 Å². The fourth-order valence-corrected chi connectivity index (χ4v) is 1.52. The molecule has 0 radical (unpaired) electrons. The molecule has 1 heteroatoms. The van der Waals surface area contributed by atoms with Gasteiger partial charge in [-0.05, 0) is 0 Å². The zero-order chi connectivity index (χ0) is 5.11. The minimum absolute atomic E-state index is 0.726. The van der Waals surface area contributed by atoms with E-state index in [1.165, 1.54) is 0 Å². The molecule has 0 saturated carbocycles. The van der Waals surface area contributed by atoms with E-state index in [1.54, 1.807) is 0 Å². The molecule has 40 valence electrons. The van der Waals surface area contributed by atoms with Crippen molar-refractivity contribution in [1.82, 2.24) is 0 Å². The number of allylic oxidation sites excluding steroid dienone is 4. The van der Waals surface area contributed by atoms with E-state index in [9.17, 15) is 0 Å². The number of rotatable bonds is 1. The van der Waals surface area contributed by atoms with Gasteiger partial charge in [-0.3, -0.25) is 0 Å². The fraction of sp³-hybridized carbons (Fsp3) is 0.333. The van der Waals surface area contributed by atoms with Crippen LogP contribution in [0.15, 0.2) is 24.3 Å². The molecule has 0 aromatic heterocycles. The first kappa shape index (κ1) is 5.24. The third-order valence-corrected chi connectivity index (χ3v) is 2.63. The summed E-state index contributed by atoms with van der Waals surface area (Å²) in [7, 11) is 0. The van der Waals surface area contributed by atoms with Crippen LogP contribution >= 0.6 is 0 Å². The van der Waals surface area contributed by atoms with E-state index in [2.05, 4.69) is 29.8 Å². The Balaban J connectivity index is 2.44. The zero-order valence-electron chi connectivity index (χ0n) is 4.22. The van der Waals surface area contributed by atoms with Gasteiger partial charge in [0.25, 0.3) is 0 Å². The van der Waals surface area contributed by atoms with Crippen LogP contribution in [0.5, 0.6) is 0 Å². The first-order valence-electron chi connectivity index (χ1n) is 2.19. The first-order chi connectivity index (χ1) is 3.43. The molecule has 1 aliphatic carbocycles. The van der Waals surface area contributed by atoms with Gasteiger partial charge in [-0.25, -0.2) is 0 Å². The summed E-state index contributed by atoms with van der Waals surface area (Å²) >= 11 is 0.726. The SMILES string of the molecule is [CH3][Rh+][CH]1C=CC=C1. The van der Waals surface area contributed by atoms with Crippen molar-refractivity contribution in [3.63, 3.8) is 0 Å². The predicted octanol–water partition coefficient (Wildman–Crippen LogP) is 2.03. The van der Waals surface area contributed by atoms with E-state index in [-0.39, 0.29) is 0 Å². The van der Waals surface area contributed by atoms with Crippen molar-refractivity contribution in [2.45, 2.75) is 10.0 Å². The third-order valence-electron chi connectivity index (χ3n) is 0.906. The molecule has 0 bridgehead atoms. The van der Waals surface area contributed by atoms with E-state index >= 15 is 0 Å². The molecule has 7 heavy (non-hydrogen) atoms. The van der Waals surface area contributed by atoms with Gasteiger partial charge in [-0.15, -0.1) is 0 Å². The van der Waals surface area contributed by atoms with Crippen LogP contribution in [0.2, 0.25) is 10.0 Å². The summed E-state index contributed by atoms with van der Waals surface area (Å²) in [6.07, 6.45) is 8.75. The van der Waals surface area contributed by atoms with Crippen molar-refractivity contribution in [3.05, 3.63) is 24.3 Å². The monoisotopic (exact) mass is 183 g/mol. The summed E-state index contributed by atoms with van der Waals surface area (Å²) in [5, 5.41) is 0.